The number of alkyl halides is 17. The number of hydrogen-bond acceptors (Lipinski definition) is 14. The molecule has 8 fully saturated rings. The Bertz CT molecular complexity index is 4860. The molecule has 14 nitrogen and oxygen atoms in total. The molecule has 680 valence electrons. The van der Waals surface area contributed by atoms with Crippen LogP contribution >= 0.6 is 0 Å². The molecule has 126 heavy (non-hydrogen) atoms. The van der Waals surface area contributed by atoms with Crippen LogP contribution < -0.4 is 0 Å². The normalized spacial score (nSPS) is 21.3. The van der Waals surface area contributed by atoms with Crippen molar-refractivity contribution >= 4 is 84.5 Å². The number of halogens is 17. The third-order valence-electron chi connectivity index (χ3n) is 21.9. The first kappa shape index (κ1) is 99.7. The number of carbonyl (C=O) groups is 2. The van der Waals surface area contributed by atoms with Gasteiger partial charge in [0, 0.05) is 5.41 Å². The van der Waals surface area contributed by atoms with Gasteiger partial charge in [0.25, 0.3) is 0 Å². The van der Waals surface area contributed by atoms with E-state index in [1.165, 1.54) is 44.1 Å². The summed E-state index contributed by atoms with van der Waals surface area (Å²) >= 11 is 0. The second-order valence-electron chi connectivity index (χ2n) is 31.2. The Morgan fingerprint density at radius 2 is 0.587 bits per heavy atom. The van der Waals surface area contributed by atoms with Crippen LogP contribution in [0.1, 0.15) is 90.4 Å². The molecule has 0 spiro atoms. The van der Waals surface area contributed by atoms with Gasteiger partial charge in [-0.15, -0.1) is 6.42 Å². The van der Waals surface area contributed by atoms with E-state index >= 15 is 0 Å². The minimum Gasteiger partial charge on any atom is -0.743 e. The zero-order valence-corrected chi connectivity index (χ0v) is 72.1. The van der Waals surface area contributed by atoms with Gasteiger partial charge in [0.2, 0.25) is 0 Å². The van der Waals surface area contributed by atoms with Crippen molar-refractivity contribution in [2.45, 2.75) is 180 Å². The number of benzene rings is 9. The third kappa shape index (κ3) is 23.4. The minimum atomic E-state index is -7.43. The number of carbonyl (C=O) groups excluding carboxylic acids is 2. The van der Waals surface area contributed by atoms with Crippen LogP contribution in [-0.4, -0.2) is 107 Å². The lowest BCUT2D eigenvalue weighted by atomic mass is 9.49. The Balaban J connectivity index is 0.000000160. The van der Waals surface area contributed by atoms with Crippen molar-refractivity contribution in [1.82, 2.24) is 0 Å². The summed E-state index contributed by atoms with van der Waals surface area (Å²) in [6, 6.07) is 96.5. The summed E-state index contributed by atoms with van der Waals surface area (Å²) in [7, 11) is -27.2. The molecule has 8 bridgehead atoms. The molecule has 0 N–H and O–H groups in total. The van der Waals surface area contributed by atoms with Crippen molar-refractivity contribution in [2.75, 3.05) is 6.61 Å². The summed E-state index contributed by atoms with van der Waals surface area (Å²) in [6.45, 7) is 0.663. The van der Waals surface area contributed by atoms with Gasteiger partial charge in [-0.25, -0.2) is 21.6 Å². The van der Waals surface area contributed by atoms with Crippen molar-refractivity contribution in [1.29, 1.82) is 0 Å². The Labute approximate surface area is 726 Å². The molecule has 8 saturated carbocycles. The summed E-state index contributed by atoms with van der Waals surface area (Å²) in [5.74, 6) is -15.4. The van der Waals surface area contributed by atoms with Crippen LogP contribution in [0.15, 0.2) is 317 Å². The molecule has 0 heterocycles. The fourth-order valence-corrected chi connectivity index (χ4v) is 27.4. The molecule has 8 aliphatic rings. The van der Waals surface area contributed by atoms with E-state index in [9.17, 15) is 127 Å². The molecule has 1 unspecified atom stereocenters. The lowest BCUT2D eigenvalue weighted by molar-refractivity contribution is -0.382. The van der Waals surface area contributed by atoms with Gasteiger partial charge in [-0.05, 0) is 229 Å². The van der Waals surface area contributed by atoms with Crippen LogP contribution in [0, 0.1) is 50.9 Å². The predicted molar refractivity (Wildman–Crippen MR) is 435 cm³/mol. The van der Waals surface area contributed by atoms with Gasteiger partial charge in [0.15, 0.2) is 64.3 Å². The monoisotopic (exact) mass is 1910 g/mol. The minimum absolute atomic E-state index is 0.0146. The highest BCUT2D eigenvalue weighted by Gasteiger charge is 2.84. The molecule has 0 saturated heterocycles. The van der Waals surface area contributed by atoms with E-state index in [4.69, 9.17) is 4.74 Å². The Kier molecular flexibility index (Phi) is 31.8. The molecule has 1 atom stereocenters. The standard InChI is InChI=1S/3C18H15S.C17H21F6O6S2.C13H18F2O5S.C4HF9O3S/c3*1-4-10-16(11-5-1)19(17-12-6-2-7-13-17)18-14-8-3-9-15-18;1-9(2-13(30(25,26)16(18,19)20)31(27,28)17(21,22)23)29-14(24)15-6-10-3-11(7-15)5-12(4-10)8-15;14-13(15,21(17,18)19)11(16)20-7-12-4-8-1-9(5-12)3-10(2-8)6-12;5-1(6,3(9,10)11)2(7,8)4(12,13)17(14,15)16/h3*1-15H;9-12H,2-8H2,1H3;8-10H,1-7H2,(H,17,18,19);(H,14,15,16)/q3*+1;-1;;/p-2. The van der Waals surface area contributed by atoms with Crippen molar-refractivity contribution < 1.29 is 136 Å². The molecule has 0 amide bonds. The zero-order valence-electron chi connectivity index (χ0n) is 66.4. The van der Waals surface area contributed by atoms with E-state index in [-0.39, 0.29) is 62.5 Å². The Hall–Kier alpha value is -8.50. The lowest BCUT2D eigenvalue weighted by Gasteiger charge is -2.56. The average molecular weight is 1910 g/mol. The van der Waals surface area contributed by atoms with E-state index in [1.54, 1.807) is 0 Å². The average Bonchev–Trinajstić information content (AvgIpc) is 0.734. The zero-order chi connectivity index (χ0) is 92.3. The highest BCUT2D eigenvalue weighted by molar-refractivity contribution is 8.13. The van der Waals surface area contributed by atoms with Crippen LogP contribution in [-0.2, 0) is 91.7 Å². The summed E-state index contributed by atoms with van der Waals surface area (Å²) in [5.41, 5.74) is -13.8. The molecule has 9 aromatic rings. The van der Waals surface area contributed by atoms with Crippen LogP contribution in [0.4, 0.5) is 74.6 Å². The van der Waals surface area contributed by atoms with Gasteiger partial charge in [0.1, 0.15) is 19.7 Å². The van der Waals surface area contributed by atoms with Gasteiger partial charge < -0.3 is 18.6 Å². The number of rotatable bonds is 22. The topological polar surface area (TPSA) is 235 Å². The molecular weight excluding hydrogens is 1830 g/mol. The summed E-state index contributed by atoms with van der Waals surface area (Å²) in [4.78, 5) is 36.3. The first-order chi connectivity index (χ1) is 58.8. The molecule has 38 heteroatoms. The number of esters is 2. The maximum absolute atomic E-state index is 13.1. The summed E-state index contributed by atoms with van der Waals surface area (Å²) < 4.78 is 323. The molecule has 0 aromatic heterocycles. The first-order valence-corrected chi connectivity index (χ1v) is 48.3. The summed E-state index contributed by atoms with van der Waals surface area (Å²) in [6.07, 6.45) is -0.471. The highest BCUT2D eigenvalue weighted by atomic mass is 32.3. The first-order valence-electron chi connectivity index (χ1n) is 38.9. The van der Waals surface area contributed by atoms with Gasteiger partial charge in [-0.1, -0.05) is 168 Å². The van der Waals surface area contributed by atoms with Gasteiger partial charge in [0.05, 0.1) is 50.8 Å². The lowest BCUT2D eigenvalue weighted by Crippen LogP contribution is -2.63. The number of ether oxygens (including phenoxy) is 2. The van der Waals surface area contributed by atoms with Crippen molar-refractivity contribution in [3.05, 3.63) is 278 Å². The van der Waals surface area contributed by atoms with Crippen LogP contribution in [0.3, 0.4) is 0 Å². The van der Waals surface area contributed by atoms with Gasteiger partial charge in [-0.3, -0.25) is 21.6 Å². The molecule has 0 aliphatic heterocycles. The van der Waals surface area contributed by atoms with E-state index in [0.717, 1.165) is 64.7 Å². The quantitative estimate of drug-likeness (QED) is 0.0202. The molecule has 8 aliphatic carbocycles. The maximum atomic E-state index is 13.1. The van der Waals surface area contributed by atoms with E-state index < -0.39 is 114 Å². The van der Waals surface area contributed by atoms with E-state index in [1.807, 2.05) is 0 Å². The van der Waals surface area contributed by atoms with Crippen molar-refractivity contribution in [3.63, 3.8) is 0 Å². The largest absolute Gasteiger partial charge is 0.743 e. The predicted octanol–water partition coefficient (Wildman–Crippen LogP) is 22.1. The second-order valence-corrected chi connectivity index (χ2v) is 44.3. The van der Waals surface area contributed by atoms with Gasteiger partial charge in [-0.2, -0.15) is 74.6 Å². The Morgan fingerprint density at radius 3 is 0.786 bits per heavy atom. The number of hydrogen-bond donors (Lipinski definition) is 0. The van der Waals surface area contributed by atoms with Crippen molar-refractivity contribution in [3.8, 4) is 0 Å². The van der Waals surface area contributed by atoms with Crippen LogP contribution in [0.2, 0.25) is 0 Å². The molecule has 9 aromatic carbocycles. The van der Waals surface area contributed by atoms with E-state index in [2.05, 4.69) is 278 Å². The highest BCUT2D eigenvalue weighted by Crippen LogP contribution is 2.62. The SMILES string of the molecule is CC(C[C-](S(=O)(=O)C(F)(F)F)S(=O)(=O)C(F)(F)F)OC(=O)C12CC3CC(CC(C3)C1)C2.O=C(OCC12CC3CC(CC(C3)C1)C2)C(F)(F)S(=O)(=O)[O-].O=S(=O)([O-])C(F)(F)C(F)(F)C(F)(F)C(F)(F)F.c1ccc([S+](c2ccccc2)c2ccccc2)cc1.c1ccc([S+](c2ccccc2)c2ccccc2)cc1.c1ccc([S+](c2ccccc2)c2ccccc2)cc1. The van der Waals surface area contributed by atoms with Gasteiger partial charge >= 0.3 is 51.5 Å². The fourth-order valence-electron chi connectivity index (χ4n) is 17.2. The maximum Gasteiger partial charge on any atom is 0.469 e. The van der Waals surface area contributed by atoms with Crippen LogP contribution in [0.25, 0.3) is 0 Å². The number of sulfone groups is 2. The molecule has 0 radical (unpaired) electrons. The fraction of sp³-hybridized carbons (Fsp3) is 0.352. The van der Waals surface area contributed by atoms with Crippen molar-refractivity contribution in [2.24, 2.45) is 46.3 Å². The van der Waals surface area contributed by atoms with E-state index in [0.29, 0.717) is 37.0 Å². The summed E-state index contributed by atoms with van der Waals surface area (Å²) in [5, 5.41) is -12.1. The molecule has 17 rings (SSSR count). The second kappa shape index (κ2) is 40.2. The third-order valence-corrected chi connectivity index (χ3v) is 34.3. The van der Waals surface area contributed by atoms with Crippen LogP contribution in [0.5, 0.6) is 0 Å². The smallest absolute Gasteiger partial charge is 0.469 e. The molecular formula is C88H83F17O14S7. The Morgan fingerprint density at radius 1 is 0.365 bits per heavy atom.